The van der Waals surface area contributed by atoms with Crippen molar-refractivity contribution in [3.63, 3.8) is 0 Å². The summed E-state index contributed by atoms with van der Waals surface area (Å²) in [5.74, 6) is 0.408. The first kappa shape index (κ1) is 15.9. The molecule has 0 bridgehead atoms. The van der Waals surface area contributed by atoms with E-state index in [9.17, 15) is 4.39 Å². The number of hydrogen-bond donors (Lipinski definition) is 1. The quantitative estimate of drug-likeness (QED) is 0.880. The van der Waals surface area contributed by atoms with Crippen LogP contribution in [0.5, 0.6) is 5.75 Å². The first-order valence-corrected chi connectivity index (χ1v) is 7.55. The molecule has 1 heterocycles. The van der Waals surface area contributed by atoms with Gasteiger partial charge in [-0.2, -0.15) is 0 Å². The second-order valence-corrected chi connectivity index (χ2v) is 5.84. The fourth-order valence-electron chi connectivity index (χ4n) is 2.18. The molecule has 0 aliphatic carbocycles. The van der Waals surface area contributed by atoms with Crippen molar-refractivity contribution in [2.45, 2.75) is 26.0 Å². The first-order chi connectivity index (χ1) is 10.0. The van der Waals surface area contributed by atoms with E-state index in [1.165, 1.54) is 0 Å². The molecule has 1 aromatic carbocycles. The third kappa shape index (κ3) is 3.80. The van der Waals surface area contributed by atoms with Gasteiger partial charge in [0.1, 0.15) is 11.6 Å². The van der Waals surface area contributed by atoms with Crippen molar-refractivity contribution in [2.75, 3.05) is 7.05 Å². The molecule has 1 atom stereocenters. The van der Waals surface area contributed by atoms with E-state index in [0.29, 0.717) is 15.8 Å². The largest absolute Gasteiger partial charge is 0.489 e. The van der Waals surface area contributed by atoms with Gasteiger partial charge >= 0.3 is 0 Å². The summed E-state index contributed by atoms with van der Waals surface area (Å²) >= 11 is 3.22. The van der Waals surface area contributed by atoms with Gasteiger partial charge in [0.2, 0.25) is 0 Å². The zero-order valence-corrected chi connectivity index (χ0v) is 13.8. The van der Waals surface area contributed by atoms with Crippen molar-refractivity contribution in [3.05, 3.63) is 58.1 Å². The number of nitrogens with one attached hydrogen (secondary N) is 1. The van der Waals surface area contributed by atoms with E-state index < -0.39 is 0 Å². The fraction of sp³-hybridized carbons (Fsp3) is 0.312. The number of aromatic nitrogens is 1. The molecule has 5 heteroatoms. The zero-order chi connectivity index (χ0) is 15.4. The third-order valence-corrected chi connectivity index (χ3v) is 3.63. The Bertz CT molecular complexity index is 619. The van der Waals surface area contributed by atoms with Crippen molar-refractivity contribution in [2.24, 2.45) is 0 Å². The maximum Gasteiger partial charge on any atom is 0.142 e. The Balaban J connectivity index is 2.39. The van der Waals surface area contributed by atoms with E-state index in [-0.39, 0.29) is 18.0 Å². The minimum absolute atomic E-state index is 0.0673. The van der Waals surface area contributed by atoms with Crippen molar-refractivity contribution < 1.29 is 9.13 Å². The molecule has 21 heavy (non-hydrogen) atoms. The molecule has 2 rings (SSSR count). The van der Waals surface area contributed by atoms with Crippen molar-refractivity contribution in [3.8, 4) is 5.75 Å². The van der Waals surface area contributed by atoms with Crippen LogP contribution in [-0.2, 0) is 0 Å². The van der Waals surface area contributed by atoms with Crippen LogP contribution in [0.3, 0.4) is 0 Å². The number of hydrogen-bond acceptors (Lipinski definition) is 3. The minimum Gasteiger partial charge on any atom is -0.489 e. The van der Waals surface area contributed by atoms with Crippen LogP contribution in [-0.4, -0.2) is 18.1 Å². The van der Waals surface area contributed by atoms with E-state index in [4.69, 9.17) is 4.74 Å². The molecule has 0 saturated carbocycles. The molecule has 0 fully saturated rings. The van der Waals surface area contributed by atoms with Gasteiger partial charge in [0.05, 0.1) is 22.8 Å². The summed E-state index contributed by atoms with van der Waals surface area (Å²) in [7, 11) is 1.79. The first-order valence-electron chi connectivity index (χ1n) is 6.75. The van der Waals surface area contributed by atoms with Crippen molar-refractivity contribution in [1.29, 1.82) is 0 Å². The van der Waals surface area contributed by atoms with Crippen molar-refractivity contribution in [1.82, 2.24) is 10.3 Å². The zero-order valence-electron chi connectivity index (χ0n) is 12.2. The number of nitrogens with zero attached hydrogens (tertiary/aromatic N) is 1. The Kier molecular flexibility index (Phi) is 5.31. The van der Waals surface area contributed by atoms with Crippen LogP contribution >= 0.6 is 15.9 Å². The summed E-state index contributed by atoms with van der Waals surface area (Å²) in [6.45, 7) is 3.91. The summed E-state index contributed by atoms with van der Waals surface area (Å²) in [5, 5.41) is 3.13. The molecule has 0 spiro atoms. The van der Waals surface area contributed by atoms with Gasteiger partial charge in [0.25, 0.3) is 0 Å². The summed E-state index contributed by atoms with van der Waals surface area (Å²) in [6, 6.07) is 6.86. The summed E-state index contributed by atoms with van der Waals surface area (Å²) in [4.78, 5) is 4.18. The van der Waals surface area contributed by atoms with Crippen LogP contribution in [0.2, 0.25) is 0 Å². The highest BCUT2D eigenvalue weighted by atomic mass is 79.9. The lowest BCUT2D eigenvalue weighted by Gasteiger charge is -2.19. The molecule has 0 aliphatic heterocycles. The molecule has 1 unspecified atom stereocenters. The lowest BCUT2D eigenvalue weighted by Crippen LogP contribution is -2.19. The molecule has 2 aromatic rings. The van der Waals surface area contributed by atoms with Crippen LogP contribution in [0, 0.1) is 5.82 Å². The third-order valence-electron chi connectivity index (χ3n) is 3.02. The molecular weight excluding hydrogens is 335 g/mol. The van der Waals surface area contributed by atoms with Gasteiger partial charge in [0, 0.05) is 11.8 Å². The smallest absolute Gasteiger partial charge is 0.142 e. The van der Waals surface area contributed by atoms with Gasteiger partial charge in [-0.05, 0) is 54.5 Å². The Morgan fingerprint density at radius 2 is 2.05 bits per heavy atom. The van der Waals surface area contributed by atoms with Gasteiger partial charge in [-0.25, -0.2) is 4.39 Å². The number of pyridine rings is 1. The summed E-state index contributed by atoms with van der Waals surface area (Å²) < 4.78 is 20.4. The Labute approximate surface area is 132 Å². The van der Waals surface area contributed by atoms with Gasteiger partial charge in [-0.15, -0.1) is 0 Å². The lowest BCUT2D eigenvalue weighted by atomic mass is 10.00. The van der Waals surface area contributed by atoms with E-state index >= 15 is 0 Å². The maximum atomic E-state index is 14.3. The number of halogens is 2. The molecule has 1 aromatic heterocycles. The van der Waals surface area contributed by atoms with Gasteiger partial charge in [-0.3, -0.25) is 4.98 Å². The van der Waals surface area contributed by atoms with Crippen LogP contribution in [0.1, 0.15) is 31.0 Å². The molecule has 0 radical (unpaired) electrons. The average Bonchev–Trinajstić information content (AvgIpc) is 2.44. The molecule has 1 N–H and O–H groups in total. The predicted octanol–water partition coefficient (Wildman–Crippen LogP) is 4.08. The highest BCUT2D eigenvalue weighted by Crippen LogP contribution is 2.29. The molecule has 0 saturated heterocycles. The number of rotatable bonds is 5. The van der Waals surface area contributed by atoms with E-state index in [1.54, 1.807) is 31.6 Å². The van der Waals surface area contributed by atoms with Crippen LogP contribution in [0.15, 0.2) is 41.1 Å². The Hall–Kier alpha value is -1.46. The van der Waals surface area contributed by atoms with E-state index in [1.807, 2.05) is 26.0 Å². The van der Waals surface area contributed by atoms with Crippen LogP contribution in [0.25, 0.3) is 0 Å². The SMILES string of the molecule is CNC(c1cncc(OC(C)C)c1)c1cccc(Br)c1F. The van der Waals surface area contributed by atoms with E-state index in [0.717, 1.165) is 5.56 Å². The van der Waals surface area contributed by atoms with E-state index in [2.05, 4.69) is 26.2 Å². The molecule has 112 valence electrons. The van der Waals surface area contributed by atoms with Gasteiger partial charge in [0.15, 0.2) is 0 Å². The molecule has 0 aliphatic rings. The Morgan fingerprint density at radius 3 is 2.71 bits per heavy atom. The number of benzene rings is 1. The fourth-order valence-corrected chi connectivity index (χ4v) is 2.56. The maximum absolute atomic E-state index is 14.3. The topological polar surface area (TPSA) is 34.2 Å². The summed E-state index contributed by atoms with van der Waals surface area (Å²) in [5.41, 5.74) is 1.42. The Morgan fingerprint density at radius 1 is 1.29 bits per heavy atom. The van der Waals surface area contributed by atoms with Gasteiger partial charge < -0.3 is 10.1 Å². The monoisotopic (exact) mass is 352 g/mol. The molecule has 0 amide bonds. The number of ether oxygens (including phenoxy) is 1. The second-order valence-electron chi connectivity index (χ2n) is 4.99. The lowest BCUT2D eigenvalue weighted by molar-refractivity contribution is 0.241. The molecular formula is C16H18BrFN2O. The second kappa shape index (κ2) is 7.00. The summed E-state index contributed by atoms with van der Waals surface area (Å²) in [6.07, 6.45) is 3.44. The van der Waals surface area contributed by atoms with Crippen LogP contribution < -0.4 is 10.1 Å². The van der Waals surface area contributed by atoms with Gasteiger partial charge in [-0.1, -0.05) is 12.1 Å². The normalized spacial score (nSPS) is 12.5. The van der Waals surface area contributed by atoms with Crippen LogP contribution in [0.4, 0.5) is 4.39 Å². The minimum atomic E-state index is -0.286. The molecule has 3 nitrogen and oxygen atoms in total. The predicted molar refractivity (Wildman–Crippen MR) is 85.0 cm³/mol. The standard InChI is InChI=1S/C16H18BrFN2O/c1-10(2)21-12-7-11(8-20-9-12)16(19-3)13-5-4-6-14(17)15(13)18/h4-10,16,19H,1-3H3. The highest BCUT2D eigenvalue weighted by Gasteiger charge is 2.18. The highest BCUT2D eigenvalue weighted by molar-refractivity contribution is 9.10. The average molecular weight is 353 g/mol. The van der Waals surface area contributed by atoms with Crippen molar-refractivity contribution >= 4 is 15.9 Å².